The van der Waals surface area contributed by atoms with Crippen LogP contribution in [-0.2, 0) is 13.0 Å². The number of hydrogen-bond donors (Lipinski definition) is 0. The lowest BCUT2D eigenvalue weighted by molar-refractivity contribution is 0.0459. The van der Waals surface area contributed by atoms with E-state index in [1.165, 1.54) is 0 Å². The summed E-state index contributed by atoms with van der Waals surface area (Å²) in [6.07, 6.45) is 4.78. The number of nitrogens with zero attached hydrogens (tertiary/aromatic N) is 3. The largest absolute Gasteiger partial charge is 0.486 e. The van der Waals surface area contributed by atoms with Crippen molar-refractivity contribution >= 4 is 5.91 Å². The van der Waals surface area contributed by atoms with Gasteiger partial charge in [0, 0.05) is 44.4 Å². The first-order valence-electron chi connectivity index (χ1n) is 8.44. The number of benzene rings is 1. The van der Waals surface area contributed by atoms with Crippen molar-refractivity contribution in [2.45, 2.75) is 19.9 Å². The number of rotatable bonds is 4. The van der Waals surface area contributed by atoms with Gasteiger partial charge in [-0.2, -0.15) is 0 Å². The molecular weight excluding hydrogens is 306 g/mol. The Kier molecular flexibility index (Phi) is 3.88. The molecule has 2 aliphatic rings. The Balaban J connectivity index is 1.41. The molecule has 0 aliphatic carbocycles. The lowest BCUT2D eigenvalue weighted by Crippen LogP contribution is -2.51. The molecule has 2 aromatic rings. The molecule has 0 radical (unpaired) electrons. The second kappa shape index (κ2) is 6.19. The van der Waals surface area contributed by atoms with E-state index in [4.69, 9.17) is 9.47 Å². The third kappa shape index (κ3) is 2.62. The molecule has 0 unspecified atom stereocenters. The molecular formula is C18H21N3O3. The number of amides is 1. The maximum atomic E-state index is 12.7. The second-order valence-electron chi connectivity index (χ2n) is 6.26. The van der Waals surface area contributed by atoms with Crippen molar-refractivity contribution in [3.05, 3.63) is 42.0 Å². The van der Waals surface area contributed by atoms with Crippen LogP contribution in [0.4, 0.5) is 0 Å². The second-order valence-corrected chi connectivity index (χ2v) is 6.26. The van der Waals surface area contributed by atoms with Gasteiger partial charge in [-0.05, 0) is 12.1 Å². The molecule has 1 aromatic heterocycles. The fourth-order valence-electron chi connectivity index (χ4n) is 3.36. The van der Waals surface area contributed by atoms with Crippen LogP contribution in [0.25, 0.3) is 0 Å². The number of aromatic nitrogens is 2. The quantitative estimate of drug-likeness (QED) is 0.862. The Morgan fingerprint density at radius 2 is 2.12 bits per heavy atom. The number of aryl methyl sites for hydroxylation is 1. The maximum absolute atomic E-state index is 12.7. The summed E-state index contributed by atoms with van der Waals surface area (Å²) < 4.78 is 13.4. The van der Waals surface area contributed by atoms with Crippen molar-refractivity contribution in [2.75, 3.05) is 26.3 Å². The third-order valence-corrected chi connectivity index (χ3v) is 4.61. The van der Waals surface area contributed by atoms with Gasteiger partial charge in [-0.1, -0.05) is 13.0 Å². The molecule has 1 aromatic carbocycles. The van der Waals surface area contributed by atoms with E-state index >= 15 is 0 Å². The summed E-state index contributed by atoms with van der Waals surface area (Å²) in [5, 5.41) is 0. The molecule has 1 saturated heterocycles. The molecule has 0 atom stereocenters. The molecule has 1 fully saturated rings. The van der Waals surface area contributed by atoms with Crippen LogP contribution in [0, 0.1) is 5.92 Å². The molecule has 2 aliphatic heterocycles. The smallest absolute Gasteiger partial charge is 0.257 e. The first-order valence-corrected chi connectivity index (χ1v) is 8.44. The van der Waals surface area contributed by atoms with E-state index in [2.05, 4.69) is 16.5 Å². The maximum Gasteiger partial charge on any atom is 0.257 e. The van der Waals surface area contributed by atoms with Crippen molar-refractivity contribution in [3.8, 4) is 11.5 Å². The van der Waals surface area contributed by atoms with Crippen LogP contribution in [0.3, 0.4) is 0 Å². The van der Waals surface area contributed by atoms with Crippen LogP contribution in [-0.4, -0.2) is 46.7 Å². The zero-order valence-corrected chi connectivity index (χ0v) is 13.8. The summed E-state index contributed by atoms with van der Waals surface area (Å²) in [7, 11) is 0. The van der Waals surface area contributed by atoms with Crippen molar-refractivity contribution in [2.24, 2.45) is 5.92 Å². The molecule has 1 amide bonds. The fraction of sp³-hybridized carbons (Fsp3) is 0.444. The zero-order chi connectivity index (χ0) is 16.5. The first kappa shape index (κ1) is 15.1. The Bertz CT molecular complexity index is 750. The van der Waals surface area contributed by atoms with E-state index in [-0.39, 0.29) is 5.91 Å². The van der Waals surface area contributed by atoms with Gasteiger partial charge in [-0.3, -0.25) is 4.79 Å². The predicted octanol–water partition coefficient (Wildman–Crippen LogP) is 1.99. The van der Waals surface area contributed by atoms with Crippen LogP contribution >= 0.6 is 0 Å². The number of ether oxygens (including phenoxy) is 2. The average Bonchev–Trinajstić information content (AvgIpc) is 3.04. The van der Waals surface area contributed by atoms with Gasteiger partial charge < -0.3 is 18.9 Å². The monoisotopic (exact) mass is 327 g/mol. The van der Waals surface area contributed by atoms with Crippen molar-refractivity contribution < 1.29 is 14.3 Å². The van der Waals surface area contributed by atoms with Gasteiger partial charge in [0.25, 0.3) is 5.91 Å². The van der Waals surface area contributed by atoms with E-state index in [1.807, 2.05) is 35.5 Å². The molecule has 0 N–H and O–H groups in total. The minimum Gasteiger partial charge on any atom is -0.486 e. The molecule has 0 saturated carbocycles. The Morgan fingerprint density at radius 1 is 1.29 bits per heavy atom. The SMILES string of the molecule is CCc1nccn1CC1CN(C(=O)c2cccc3c2OCCO3)C1. The highest BCUT2D eigenvalue weighted by Crippen LogP contribution is 2.35. The number of hydrogen-bond acceptors (Lipinski definition) is 4. The average molecular weight is 327 g/mol. The number of imidazole rings is 1. The van der Waals surface area contributed by atoms with Gasteiger partial charge in [-0.15, -0.1) is 0 Å². The van der Waals surface area contributed by atoms with Gasteiger partial charge in [0.1, 0.15) is 19.0 Å². The highest BCUT2D eigenvalue weighted by molar-refractivity contribution is 5.98. The molecule has 4 rings (SSSR count). The van der Waals surface area contributed by atoms with Crippen molar-refractivity contribution in [1.29, 1.82) is 0 Å². The minimum atomic E-state index is 0.0231. The summed E-state index contributed by atoms with van der Waals surface area (Å²) in [5.74, 6) is 2.85. The standard InChI is InChI=1S/C18H21N3O3/c1-2-16-19-6-7-20(16)10-13-11-21(12-13)18(22)14-4-3-5-15-17(14)24-9-8-23-15/h3-7,13H,2,8-12H2,1H3. The van der Waals surface area contributed by atoms with Gasteiger partial charge in [0.15, 0.2) is 11.5 Å². The van der Waals surface area contributed by atoms with Gasteiger partial charge >= 0.3 is 0 Å². The molecule has 0 spiro atoms. The molecule has 6 nitrogen and oxygen atoms in total. The van der Waals surface area contributed by atoms with E-state index in [9.17, 15) is 4.79 Å². The molecule has 24 heavy (non-hydrogen) atoms. The normalized spacial score (nSPS) is 16.8. The summed E-state index contributed by atoms with van der Waals surface area (Å²) >= 11 is 0. The summed E-state index contributed by atoms with van der Waals surface area (Å²) in [6.45, 7) is 5.58. The van der Waals surface area contributed by atoms with Crippen LogP contribution < -0.4 is 9.47 Å². The van der Waals surface area contributed by atoms with Crippen LogP contribution in [0.5, 0.6) is 11.5 Å². The number of carbonyl (C=O) groups is 1. The van der Waals surface area contributed by atoms with Crippen LogP contribution in [0.1, 0.15) is 23.1 Å². The zero-order valence-electron chi connectivity index (χ0n) is 13.8. The molecule has 0 bridgehead atoms. The molecule has 3 heterocycles. The van der Waals surface area contributed by atoms with E-state index in [1.54, 1.807) is 0 Å². The highest BCUT2D eigenvalue weighted by Gasteiger charge is 2.33. The summed E-state index contributed by atoms with van der Waals surface area (Å²) in [5.41, 5.74) is 0.600. The molecule has 6 heteroatoms. The van der Waals surface area contributed by atoms with Crippen LogP contribution in [0.2, 0.25) is 0 Å². The molecule has 126 valence electrons. The Labute approximate surface area is 141 Å². The van der Waals surface area contributed by atoms with Gasteiger partial charge in [0.05, 0.1) is 5.56 Å². The van der Waals surface area contributed by atoms with Crippen LogP contribution in [0.15, 0.2) is 30.6 Å². The third-order valence-electron chi connectivity index (χ3n) is 4.61. The van der Waals surface area contributed by atoms with Crippen molar-refractivity contribution in [3.63, 3.8) is 0 Å². The highest BCUT2D eigenvalue weighted by atomic mass is 16.6. The number of fused-ring (bicyclic) bond motifs is 1. The lowest BCUT2D eigenvalue weighted by atomic mass is 9.98. The lowest BCUT2D eigenvalue weighted by Gasteiger charge is -2.40. The number of para-hydroxylation sites is 1. The van der Waals surface area contributed by atoms with Gasteiger partial charge in [-0.25, -0.2) is 4.98 Å². The van der Waals surface area contributed by atoms with E-state index in [0.717, 1.165) is 31.9 Å². The Morgan fingerprint density at radius 3 is 2.96 bits per heavy atom. The van der Waals surface area contributed by atoms with E-state index in [0.29, 0.717) is 36.2 Å². The predicted molar refractivity (Wildman–Crippen MR) is 88.4 cm³/mol. The number of likely N-dealkylation sites (tertiary alicyclic amines) is 1. The Hall–Kier alpha value is -2.50. The van der Waals surface area contributed by atoms with E-state index < -0.39 is 0 Å². The number of carbonyl (C=O) groups excluding carboxylic acids is 1. The topological polar surface area (TPSA) is 56.6 Å². The van der Waals surface area contributed by atoms with Crippen molar-refractivity contribution in [1.82, 2.24) is 14.5 Å². The summed E-state index contributed by atoms with van der Waals surface area (Å²) in [6, 6.07) is 5.50. The first-order chi connectivity index (χ1) is 11.8. The summed E-state index contributed by atoms with van der Waals surface area (Å²) in [4.78, 5) is 19.0. The van der Waals surface area contributed by atoms with Gasteiger partial charge in [0.2, 0.25) is 0 Å². The minimum absolute atomic E-state index is 0.0231. The fourth-order valence-corrected chi connectivity index (χ4v) is 3.36.